The van der Waals surface area contributed by atoms with Crippen LogP contribution in [0.25, 0.3) is 0 Å². The molecule has 0 aliphatic carbocycles. The molecule has 0 aliphatic rings. The molecule has 1 N–H and O–H groups in total. The Hall–Kier alpha value is -1.85. The molecular weight excluding hydrogens is 365 g/mol. The van der Waals surface area contributed by atoms with Crippen molar-refractivity contribution in [1.82, 2.24) is 5.09 Å². The van der Waals surface area contributed by atoms with Gasteiger partial charge in [0.05, 0.1) is 0 Å². The first-order valence-corrected chi connectivity index (χ1v) is 9.43. The first-order chi connectivity index (χ1) is 11.9. The number of esters is 1. The molecule has 0 fully saturated rings. The van der Waals surface area contributed by atoms with E-state index in [1.807, 2.05) is 30.3 Å². The van der Waals surface area contributed by atoms with Crippen molar-refractivity contribution in [2.75, 3.05) is 7.11 Å². The van der Waals surface area contributed by atoms with E-state index in [2.05, 4.69) is 5.09 Å². The largest absolute Gasteiger partial charge is 0.460 e. The Morgan fingerprint density at radius 1 is 1.16 bits per heavy atom. The van der Waals surface area contributed by atoms with Gasteiger partial charge in [-0.1, -0.05) is 41.9 Å². The summed E-state index contributed by atoms with van der Waals surface area (Å²) in [5, 5.41) is 3.06. The van der Waals surface area contributed by atoms with Crippen LogP contribution in [0.3, 0.4) is 0 Å². The lowest BCUT2D eigenvalue weighted by molar-refractivity contribution is -0.146. The molecule has 0 aromatic heterocycles. The minimum Gasteiger partial charge on any atom is -0.460 e. The van der Waals surface area contributed by atoms with Crippen LogP contribution in [0.2, 0.25) is 5.02 Å². The second kappa shape index (κ2) is 9.02. The Balaban J connectivity index is 1.93. The Morgan fingerprint density at radius 2 is 1.80 bits per heavy atom. The first-order valence-electron chi connectivity index (χ1n) is 7.51. The zero-order valence-corrected chi connectivity index (χ0v) is 15.5. The van der Waals surface area contributed by atoms with Crippen molar-refractivity contribution in [3.05, 3.63) is 65.2 Å². The Kier molecular flexibility index (Phi) is 7.02. The SMILES string of the molecule is CO[P@@](=O)(N[C@@H](C)C(=O)OCc1ccccc1)Oc1ccc(Cl)cc1. The third kappa shape index (κ3) is 6.18. The van der Waals surface area contributed by atoms with E-state index in [0.717, 1.165) is 5.56 Å². The summed E-state index contributed by atoms with van der Waals surface area (Å²) in [6, 6.07) is 14.7. The molecule has 0 spiro atoms. The highest BCUT2D eigenvalue weighted by Crippen LogP contribution is 2.44. The van der Waals surface area contributed by atoms with E-state index in [1.165, 1.54) is 14.0 Å². The van der Waals surface area contributed by atoms with Crippen LogP contribution in [-0.4, -0.2) is 19.1 Å². The Labute approximate surface area is 151 Å². The van der Waals surface area contributed by atoms with Crippen molar-refractivity contribution >= 4 is 25.3 Å². The molecule has 0 unspecified atom stereocenters. The van der Waals surface area contributed by atoms with Crippen LogP contribution in [0.1, 0.15) is 12.5 Å². The summed E-state index contributed by atoms with van der Waals surface area (Å²) in [7, 11) is -2.51. The molecule has 0 saturated heterocycles. The number of benzene rings is 2. The average molecular weight is 384 g/mol. The molecule has 0 heterocycles. The van der Waals surface area contributed by atoms with Crippen LogP contribution < -0.4 is 9.61 Å². The van der Waals surface area contributed by atoms with Gasteiger partial charge in [0.1, 0.15) is 18.4 Å². The molecule has 2 rings (SSSR count). The number of hydrogen-bond acceptors (Lipinski definition) is 5. The number of carbonyl (C=O) groups excluding carboxylic acids is 1. The molecule has 0 aliphatic heterocycles. The van der Waals surface area contributed by atoms with Gasteiger partial charge in [-0.05, 0) is 36.8 Å². The summed E-state index contributed by atoms with van der Waals surface area (Å²) in [6.45, 7) is 1.64. The van der Waals surface area contributed by atoms with E-state index in [1.54, 1.807) is 24.3 Å². The fraction of sp³-hybridized carbons (Fsp3) is 0.235. The van der Waals surface area contributed by atoms with Gasteiger partial charge in [-0.2, -0.15) is 5.09 Å². The third-order valence-electron chi connectivity index (χ3n) is 3.21. The number of carbonyl (C=O) groups is 1. The van der Waals surface area contributed by atoms with Crippen molar-refractivity contribution < 1.29 is 23.1 Å². The van der Waals surface area contributed by atoms with E-state index < -0.39 is 19.8 Å². The fourth-order valence-corrected chi connectivity index (χ4v) is 3.23. The minimum absolute atomic E-state index is 0.126. The van der Waals surface area contributed by atoms with Gasteiger partial charge in [0.15, 0.2) is 0 Å². The van der Waals surface area contributed by atoms with Gasteiger partial charge < -0.3 is 9.26 Å². The zero-order valence-electron chi connectivity index (χ0n) is 13.8. The molecule has 25 heavy (non-hydrogen) atoms. The number of nitrogens with one attached hydrogen (secondary N) is 1. The van der Waals surface area contributed by atoms with E-state index in [9.17, 15) is 9.36 Å². The quantitative estimate of drug-likeness (QED) is 0.544. The van der Waals surface area contributed by atoms with Crippen molar-refractivity contribution in [3.63, 3.8) is 0 Å². The average Bonchev–Trinajstić information content (AvgIpc) is 2.62. The topological polar surface area (TPSA) is 73.9 Å². The smallest absolute Gasteiger partial charge is 0.459 e. The summed E-state index contributed by atoms with van der Waals surface area (Å²) in [4.78, 5) is 12.1. The predicted molar refractivity (Wildman–Crippen MR) is 95.5 cm³/mol. The van der Waals surface area contributed by atoms with Gasteiger partial charge in [-0.3, -0.25) is 9.32 Å². The third-order valence-corrected chi connectivity index (χ3v) is 5.10. The number of ether oxygens (including phenoxy) is 1. The maximum atomic E-state index is 12.6. The van der Waals surface area contributed by atoms with E-state index in [4.69, 9.17) is 25.4 Å². The standard InChI is InChI=1S/C17H19ClNO5P/c1-13(17(20)23-12-14-6-4-3-5-7-14)19-25(21,22-2)24-16-10-8-15(18)9-11-16/h3-11,13H,12H2,1-2H3,(H,19,21)/t13-,25-/m0/s1. The van der Waals surface area contributed by atoms with Crippen molar-refractivity contribution in [2.45, 2.75) is 19.6 Å². The van der Waals surface area contributed by atoms with Gasteiger partial charge >= 0.3 is 13.7 Å². The van der Waals surface area contributed by atoms with E-state index in [0.29, 0.717) is 10.8 Å². The molecule has 134 valence electrons. The highest BCUT2D eigenvalue weighted by molar-refractivity contribution is 7.52. The summed E-state index contributed by atoms with van der Waals surface area (Å²) in [5.41, 5.74) is 0.857. The monoisotopic (exact) mass is 383 g/mol. The first kappa shape index (κ1) is 19.5. The number of halogens is 1. The van der Waals surface area contributed by atoms with Gasteiger partial charge in [0.2, 0.25) is 0 Å². The molecule has 2 atom stereocenters. The maximum Gasteiger partial charge on any atom is 0.459 e. The fourth-order valence-electron chi connectivity index (χ4n) is 1.89. The normalized spacial score (nSPS) is 14.4. The molecule has 0 radical (unpaired) electrons. The van der Waals surface area contributed by atoms with Crippen molar-refractivity contribution in [1.29, 1.82) is 0 Å². The van der Waals surface area contributed by atoms with Gasteiger partial charge in [0.25, 0.3) is 0 Å². The molecule has 0 saturated carbocycles. The maximum absolute atomic E-state index is 12.6. The molecule has 8 heteroatoms. The highest BCUT2D eigenvalue weighted by Gasteiger charge is 2.30. The lowest BCUT2D eigenvalue weighted by atomic mass is 10.2. The lowest BCUT2D eigenvalue weighted by Gasteiger charge is -2.21. The van der Waals surface area contributed by atoms with Gasteiger partial charge in [-0.15, -0.1) is 0 Å². The predicted octanol–water partition coefficient (Wildman–Crippen LogP) is 4.19. The molecule has 2 aromatic rings. The second-order valence-corrected chi connectivity index (χ2v) is 7.41. The van der Waals surface area contributed by atoms with E-state index in [-0.39, 0.29) is 6.61 Å². The molecular formula is C17H19ClNO5P. The molecule has 0 bridgehead atoms. The van der Waals surface area contributed by atoms with Crippen LogP contribution in [0, 0.1) is 0 Å². The van der Waals surface area contributed by atoms with Crippen LogP contribution in [-0.2, 0) is 25.2 Å². The Bertz CT molecular complexity index is 738. The van der Waals surface area contributed by atoms with Crippen molar-refractivity contribution in [2.24, 2.45) is 0 Å². The highest BCUT2D eigenvalue weighted by atomic mass is 35.5. The molecule has 0 amide bonds. The van der Waals surface area contributed by atoms with Crippen LogP contribution in [0.4, 0.5) is 0 Å². The van der Waals surface area contributed by atoms with Crippen LogP contribution >= 0.6 is 19.3 Å². The second-order valence-electron chi connectivity index (χ2n) is 5.17. The zero-order chi connectivity index (χ0) is 18.3. The molecule has 6 nitrogen and oxygen atoms in total. The van der Waals surface area contributed by atoms with Gasteiger partial charge in [-0.25, -0.2) is 4.57 Å². The number of rotatable bonds is 8. The van der Waals surface area contributed by atoms with Crippen LogP contribution in [0.5, 0.6) is 5.75 Å². The summed E-state index contributed by atoms with van der Waals surface area (Å²) < 4.78 is 28.1. The van der Waals surface area contributed by atoms with E-state index >= 15 is 0 Å². The summed E-state index contributed by atoms with van der Waals surface area (Å²) in [5.74, 6) is -0.271. The van der Waals surface area contributed by atoms with Crippen molar-refractivity contribution in [3.8, 4) is 5.75 Å². The Morgan fingerprint density at radius 3 is 2.40 bits per heavy atom. The molecule has 2 aromatic carbocycles. The summed E-state index contributed by atoms with van der Waals surface area (Å²) >= 11 is 5.80. The number of hydrogen-bond donors (Lipinski definition) is 1. The lowest BCUT2D eigenvalue weighted by Crippen LogP contribution is -2.34. The van der Waals surface area contributed by atoms with Gasteiger partial charge in [0, 0.05) is 12.1 Å². The van der Waals surface area contributed by atoms with Crippen LogP contribution in [0.15, 0.2) is 54.6 Å². The minimum atomic E-state index is -3.74. The summed E-state index contributed by atoms with van der Waals surface area (Å²) in [6.07, 6.45) is 0.